The SMILES string of the molecule is CCOC(=O)[C@@]1([C@@H](CC=O)O[Si](C)(C)C(C)(C)C)OC1CC. The number of carbonyl (C=O) groups excluding carboxylic acids is 2. The Morgan fingerprint density at radius 1 is 1.36 bits per heavy atom. The lowest BCUT2D eigenvalue weighted by molar-refractivity contribution is -0.154. The first-order valence-corrected chi connectivity index (χ1v) is 10.9. The van der Waals surface area contributed by atoms with Crippen LogP contribution in [0.15, 0.2) is 0 Å². The second-order valence-corrected chi connectivity index (χ2v) is 12.1. The minimum atomic E-state index is -2.13. The first-order valence-electron chi connectivity index (χ1n) is 8.03. The van der Waals surface area contributed by atoms with E-state index in [4.69, 9.17) is 13.9 Å². The normalized spacial score (nSPS) is 26.4. The van der Waals surface area contributed by atoms with Crippen LogP contribution in [-0.4, -0.2) is 45.0 Å². The molecule has 0 aliphatic carbocycles. The van der Waals surface area contributed by atoms with Gasteiger partial charge in [-0.15, -0.1) is 0 Å². The Bertz CT molecular complexity index is 415. The molecule has 0 N–H and O–H groups in total. The van der Waals surface area contributed by atoms with Gasteiger partial charge in [0.1, 0.15) is 12.4 Å². The summed E-state index contributed by atoms with van der Waals surface area (Å²) in [5, 5.41) is -0.0133. The minimum Gasteiger partial charge on any atom is -0.464 e. The van der Waals surface area contributed by atoms with E-state index in [1.807, 2.05) is 6.92 Å². The van der Waals surface area contributed by atoms with E-state index in [1.165, 1.54) is 0 Å². The van der Waals surface area contributed by atoms with Crippen LogP contribution < -0.4 is 0 Å². The molecule has 0 saturated carbocycles. The Balaban J connectivity index is 3.07. The lowest BCUT2D eigenvalue weighted by atomic mass is 9.95. The fourth-order valence-corrected chi connectivity index (χ4v) is 3.69. The summed E-state index contributed by atoms with van der Waals surface area (Å²) in [6.45, 7) is 14.6. The maximum atomic E-state index is 12.4. The summed E-state index contributed by atoms with van der Waals surface area (Å²) >= 11 is 0. The molecule has 0 amide bonds. The largest absolute Gasteiger partial charge is 0.464 e. The van der Waals surface area contributed by atoms with Crippen LogP contribution in [0.2, 0.25) is 18.1 Å². The molecule has 0 aromatic carbocycles. The average Bonchev–Trinajstić information content (AvgIpc) is 3.12. The van der Waals surface area contributed by atoms with E-state index < -0.39 is 26.0 Å². The van der Waals surface area contributed by atoms with Gasteiger partial charge in [-0.2, -0.15) is 0 Å². The van der Waals surface area contributed by atoms with Gasteiger partial charge in [-0.3, -0.25) is 0 Å². The van der Waals surface area contributed by atoms with E-state index in [0.29, 0.717) is 6.42 Å². The molecule has 1 aliphatic rings. The molecule has 1 heterocycles. The number of ether oxygens (including phenoxy) is 2. The summed E-state index contributed by atoms with van der Waals surface area (Å²) in [6, 6.07) is 0. The van der Waals surface area contributed by atoms with Gasteiger partial charge in [0.2, 0.25) is 5.60 Å². The summed E-state index contributed by atoms with van der Waals surface area (Å²) < 4.78 is 17.2. The average molecular weight is 330 g/mol. The zero-order valence-electron chi connectivity index (χ0n) is 14.9. The molecular weight excluding hydrogens is 300 g/mol. The summed E-state index contributed by atoms with van der Waals surface area (Å²) in [4.78, 5) is 23.5. The highest BCUT2D eigenvalue weighted by atomic mass is 28.4. The van der Waals surface area contributed by atoms with Crippen LogP contribution >= 0.6 is 0 Å². The van der Waals surface area contributed by atoms with Gasteiger partial charge in [0.15, 0.2) is 8.32 Å². The van der Waals surface area contributed by atoms with Crippen molar-refractivity contribution >= 4 is 20.6 Å². The van der Waals surface area contributed by atoms with Crippen LogP contribution in [0.1, 0.15) is 47.5 Å². The second-order valence-electron chi connectivity index (χ2n) is 7.30. The molecule has 1 aliphatic heterocycles. The van der Waals surface area contributed by atoms with Crippen molar-refractivity contribution in [2.75, 3.05) is 6.61 Å². The third-order valence-corrected chi connectivity index (χ3v) is 9.24. The van der Waals surface area contributed by atoms with Gasteiger partial charge >= 0.3 is 5.97 Å². The number of carbonyl (C=O) groups is 2. The zero-order valence-corrected chi connectivity index (χ0v) is 15.9. The lowest BCUT2D eigenvalue weighted by Crippen LogP contribution is -2.52. The highest BCUT2D eigenvalue weighted by molar-refractivity contribution is 6.74. The molecule has 1 unspecified atom stereocenters. The zero-order chi connectivity index (χ0) is 17.2. The van der Waals surface area contributed by atoms with Crippen LogP contribution in [-0.2, 0) is 23.5 Å². The predicted molar refractivity (Wildman–Crippen MR) is 87.3 cm³/mol. The van der Waals surface area contributed by atoms with Crippen molar-refractivity contribution in [2.45, 2.75) is 83.4 Å². The monoisotopic (exact) mass is 330 g/mol. The molecule has 0 aromatic rings. The van der Waals surface area contributed by atoms with Crippen molar-refractivity contribution < 1.29 is 23.5 Å². The number of hydrogen-bond donors (Lipinski definition) is 0. The van der Waals surface area contributed by atoms with Gasteiger partial charge < -0.3 is 18.7 Å². The van der Waals surface area contributed by atoms with E-state index in [0.717, 1.165) is 6.29 Å². The van der Waals surface area contributed by atoms with Crippen molar-refractivity contribution in [2.24, 2.45) is 0 Å². The van der Waals surface area contributed by atoms with E-state index in [1.54, 1.807) is 6.92 Å². The third-order valence-electron chi connectivity index (χ3n) is 4.76. The van der Waals surface area contributed by atoms with Crippen molar-refractivity contribution in [3.8, 4) is 0 Å². The lowest BCUT2D eigenvalue weighted by Gasteiger charge is -2.40. The van der Waals surface area contributed by atoms with Crippen LogP contribution in [0.25, 0.3) is 0 Å². The number of hydrogen-bond acceptors (Lipinski definition) is 5. The molecule has 1 fully saturated rings. The first kappa shape index (κ1) is 19.3. The second kappa shape index (κ2) is 6.80. The van der Waals surface area contributed by atoms with E-state index >= 15 is 0 Å². The van der Waals surface area contributed by atoms with E-state index in [2.05, 4.69) is 33.9 Å². The number of epoxide rings is 1. The Labute approximate surface area is 134 Å². The highest BCUT2D eigenvalue weighted by Crippen LogP contribution is 2.48. The molecule has 5 nitrogen and oxygen atoms in total. The molecule has 0 bridgehead atoms. The highest BCUT2D eigenvalue weighted by Gasteiger charge is 2.68. The first-order chi connectivity index (χ1) is 10.1. The predicted octanol–water partition coefficient (Wildman–Crippen LogP) is 3.08. The fourth-order valence-electron chi connectivity index (χ4n) is 2.36. The Morgan fingerprint density at radius 3 is 2.32 bits per heavy atom. The third kappa shape index (κ3) is 3.60. The summed E-state index contributed by atoms with van der Waals surface area (Å²) in [5.74, 6) is -0.410. The molecule has 6 heteroatoms. The Hall–Kier alpha value is -0.723. The molecule has 3 atom stereocenters. The van der Waals surface area contributed by atoms with Gasteiger partial charge in [0, 0.05) is 6.42 Å². The smallest absolute Gasteiger partial charge is 0.343 e. The standard InChI is InChI=1S/C16H30O5Si/c1-8-12-16(20-12,14(18)19-9-2)13(10-11-17)21-22(6,7)15(3,4)5/h11-13H,8-10H2,1-7H3/t12?,13-,16-/m1/s1. The van der Waals surface area contributed by atoms with Gasteiger partial charge in [0.25, 0.3) is 0 Å². The molecule has 128 valence electrons. The molecule has 22 heavy (non-hydrogen) atoms. The molecule has 0 radical (unpaired) electrons. The minimum absolute atomic E-state index is 0.0133. The van der Waals surface area contributed by atoms with Crippen molar-refractivity contribution in [1.82, 2.24) is 0 Å². The Kier molecular flexibility index (Phi) is 5.98. The van der Waals surface area contributed by atoms with E-state index in [-0.39, 0.29) is 24.2 Å². The summed E-state index contributed by atoms with van der Waals surface area (Å²) in [6.07, 6.45) is 0.820. The Morgan fingerprint density at radius 2 is 1.95 bits per heavy atom. The molecule has 0 aromatic heterocycles. The van der Waals surface area contributed by atoms with Crippen molar-refractivity contribution in [3.05, 3.63) is 0 Å². The summed E-state index contributed by atoms with van der Waals surface area (Å²) in [5.41, 5.74) is -1.11. The van der Waals surface area contributed by atoms with Crippen molar-refractivity contribution in [3.63, 3.8) is 0 Å². The number of aldehydes is 1. The van der Waals surface area contributed by atoms with Crippen LogP contribution in [0.3, 0.4) is 0 Å². The number of esters is 1. The summed E-state index contributed by atoms with van der Waals surface area (Å²) in [7, 11) is -2.13. The maximum Gasteiger partial charge on any atom is 0.343 e. The van der Waals surface area contributed by atoms with Gasteiger partial charge in [-0.05, 0) is 31.5 Å². The van der Waals surface area contributed by atoms with Gasteiger partial charge in [-0.25, -0.2) is 4.79 Å². The fraction of sp³-hybridized carbons (Fsp3) is 0.875. The molecule has 0 spiro atoms. The quantitative estimate of drug-likeness (QED) is 0.296. The molecule has 1 rings (SSSR count). The molecule has 1 saturated heterocycles. The van der Waals surface area contributed by atoms with Gasteiger partial charge in [-0.1, -0.05) is 27.7 Å². The maximum absolute atomic E-state index is 12.4. The van der Waals surface area contributed by atoms with Gasteiger partial charge in [0.05, 0.1) is 12.7 Å². The topological polar surface area (TPSA) is 65.1 Å². The van der Waals surface area contributed by atoms with Crippen LogP contribution in [0.5, 0.6) is 0 Å². The van der Waals surface area contributed by atoms with E-state index in [9.17, 15) is 9.59 Å². The van der Waals surface area contributed by atoms with Crippen LogP contribution in [0, 0.1) is 0 Å². The van der Waals surface area contributed by atoms with Crippen molar-refractivity contribution in [1.29, 1.82) is 0 Å². The molecular formula is C16H30O5Si. The van der Waals surface area contributed by atoms with Crippen LogP contribution in [0.4, 0.5) is 0 Å². The number of rotatable bonds is 8.